The highest BCUT2D eigenvalue weighted by molar-refractivity contribution is 5.88. The van der Waals surface area contributed by atoms with Crippen LogP contribution in [-0.4, -0.2) is 40.1 Å². The molecule has 2 aromatic rings. The van der Waals surface area contributed by atoms with E-state index in [2.05, 4.69) is 10.2 Å². The molecule has 0 aliphatic heterocycles. The number of aromatic nitrogens is 2. The predicted molar refractivity (Wildman–Crippen MR) is 95.3 cm³/mol. The number of nitrogens with zero attached hydrogens (tertiary/aromatic N) is 2. The lowest BCUT2D eigenvalue weighted by Crippen LogP contribution is -2.44. The normalized spacial score (nSPS) is 15.2. The van der Waals surface area contributed by atoms with Gasteiger partial charge in [0, 0.05) is 24.8 Å². The van der Waals surface area contributed by atoms with Crippen LogP contribution in [0.5, 0.6) is 0 Å². The van der Waals surface area contributed by atoms with Gasteiger partial charge in [0.25, 0.3) is 0 Å². The molecule has 0 atom stereocenters. The number of carbonyl (C=O) groups is 1. The summed E-state index contributed by atoms with van der Waals surface area (Å²) in [6, 6.07) is 8.41. The van der Waals surface area contributed by atoms with Gasteiger partial charge in [-0.25, -0.2) is 4.39 Å². The van der Waals surface area contributed by atoms with Crippen LogP contribution < -0.4 is 5.73 Å². The zero-order chi connectivity index (χ0) is 17.9. The molecule has 0 spiro atoms. The second-order valence-electron chi connectivity index (χ2n) is 6.98. The second kappa shape index (κ2) is 7.35. The van der Waals surface area contributed by atoms with Crippen LogP contribution in [0.4, 0.5) is 4.39 Å². The van der Waals surface area contributed by atoms with Crippen molar-refractivity contribution in [2.24, 2.45) is 5.73 Å². The maximum Gasteiger partial charge on any atom is 0.242 e. The van der Waals surface area contributed by atoms with Gasteiger partial charge in [-0.2, -0.15) is 5.10 Å². The first kappa shape index (κ1) is 17.6. The summed E-state index contributed by atoms with van der Waals surface area (Å²) in [6.07, 6.45) is 5.52. The fourth-order valence-corrected chi connectivity index (χ4v) is 2.96. The van der Waals surface area contributed by atoms with E-state index < -0.39 is 5.54 Å². The van der Waals surface area contributed by atoms with E-state index in [1.807, 2.05) is 19.2 Å². The second-order valence-corrected chi connectivity index (χ2v) is 6.98. The van der Waals surface area contributed by atoms with Crippen LogP contribution in [-0.2, 0) is 11.2 Å². The van der Waals surface area contributed by atoms with E-state index in [-0.39, 0.29) is 11.7 Å². The molecule has 1 amide bonds. The van der Waals surface area contributed by atoms with Crippen LogP contribution in [0.3, 0.4) is 0 Å². The van der Waals surface area contributed by atoms with Crippen molar-refractivity contribution >= 4 is 5.91 Å². The summed E-state index contributed by atoms with van der Waals surface area (Å²) in [5.41, 5.74) is 7.94. The van der Waals surface area contributed by atoms with Gasteiger partial charge >= 0.3 is 0 Å². The van der Waals surface area contributed by atoms with Crippen molar-refractivity contribution in [1.29, 1.82) is 0 Å². The SMILES string of the molecule is CN(CCCCCc1cc(-c2cccc(F)c2)n[nH]1)C(=O)C1(N)CC1. The number of halogens is 1. The Morgan fingerprint density at radius 2 is 2.12 bits per heavy atom. The molecule has 1 heterocycles. The molecular formula is C19H25FN4O. The maximum absolute atomic E-state index is 13.3. The molecular weight excluding hydrogens is 319 g/mol. The summed E-state index contributed by atoms with van der Waals surface area (Å²) in [5, 5.41) is 7.27. The van der Waals surface area contributed by atoms with E-state index in [4.69, 9.17) is 5.73 Å². The van der Waals surface area contributed by atoms with E-state index in [9.17, 15) is 9.18 Å². The van der Waals surface area contributed by atoms with Gasteiger partial charge in [-0.3, -0.25) is 9.89 Å². The van der Waals surface area contributed by atoms with E-state index in [1.165, 1.54) is 12.1 Å². The van der Waals surface area contributed by atoms with Crippen molar-refractivity contribution in [3.63, 3.8) is 0 Å². The molecule has 3 N–H and O–H groups in total. The third kappa shape index (κ3) is 4.45. The molecule has 0 unspecified atom stereocenters. The minimum atomic E-state index is -0.571. The topological polar surface area (TPSA) is 75.0 Å². The van der Waals surface area contributed by atoms with Crippen LogP contribution in [0.1, 0.15) is 37.8 Å². The molecule has 25 heavy (non-hydrogen) atoms. The fourth-order valence-electron chi connectivity index (χ4n) is 2.96. The van der Waals surface area contributed by atoms with Crippen LogP contribution in [0, 0.1) is 5.82 Å². The summed E-state index contributed by atoms with van der Waals surface area (Å²) in [5.74, 6) is -0.188. The van der Waals surface area contributed by atoms with Gasteiger partial charge in [0.05, 0.1) is 11.2 Å². The van der Waals surface area contributed by atoms with E-state index in [0.29, 0.717) is 0 Å². The van der Waals surface area contributed by atoms with Crippen molar-refractivity contribution in [3.8, 4) is 11.3 Å². The molecule has 1 aliphatic carbocycles. The highest BCUT2D eigenvalue weighted by Gasteiger charge is 2.47. The third-order valence-corrected chi connectivity index (χ3v) is 4.75. The molecule has 0 radical (unpaired) electrons. The number of amides is 1. The number of likely N-dealkylation sites (N-methyl/N-ethyl adjacent to an activating group) is 1. The van der Waals surface area contributed by atoms with E-state index >= 15 is 0 Å². The Hall–Kier alpha value is -2.21. The molecule has 3 rings (SSSR count). The molecule has 0 bridgehead atoms. The summed E-state index contributed by atoms with van der Waals surface area (Å²) in [7, 11) is 1.83. The fraction of sp³-hybridized carbons (Fsp3) is 0.474. The smallest absolute Gasteiger partial charge is 0.242 e. The summed E-state index contributed by atoms with van der Waals surface area (Å²) >= 11 is 0. The third-order valence-electron chi connectivity index (χ3n) is 4.75. The number of hydrogen-bond acceptors (Lipinski definition) is 3. The van der Waals surface area contributed by atoms with Gasteiger partial charge in [0.1, 0.15) is 5.82 Å². The number of unbranched alkanes of at least 4 members (excludes halogenated alkanes) is 2. The van der Waals surface area contributed by atoms with Crippen LogP contribution in [0.15, 0.2) is 30.3 Å². The highest BCUT2D eigenvalue weighted by atomic mass is 19.1. The van der Waals surface area contributed by atoms with Crippen LogP contribution >= 0.6 is 0 Å². The Morgan fingerprint density at radius 3 is 2.84 bits per heavy atom. The largest absolute Gasteiger partial charge is 0.344 e. The lowest BCUT2D eigenvalue weighted by atomic mass is 10.1. The first-order valence-electron chi connectivity index (χ1n) is 8.83. The maximum atomic E-state index is 13.3. The van der Waals surface area contributed by atoms with E-state index in [0.717, 1.165) is 62.0 Å². The Balaban J connectivity index is 1.39. The zero-order valence-electron chi connectivity index (χ0n) is 14.6. The number of aromatic amines is 1. The molecule has 1 aromatic carbocycles. The highest BCUT2D eigenvalue weighted by Crippen LogP contribution is 2.33. The Labute approximate surface area is 147 Å². The molecule has 1 fully saturated rings. The van der Waals surface area contributed by atoms with Crippen molar-refractivity contribution in [1.82, 2.24) is 15.1 Å². The standard InChI is InChI=1S/C19H25FN4O/c1-24(18(25)19(21)9-10-19)11-4-2-3-8-16-13-17(23-22-16)14-6-5-7-15(20)12-14/h5-7,12-13H,2-4,8-11,21H2,1H3,(H,22,23). The average Bonchev–Trinajstić information content (AvgIpc) is 3.17. The predicted octanol–water partition coefficient (Wildman–Crippen LogP) is 2.88. The monoisotopic (exact) mass is 344 g/mol. The lowest BCUT2D eigenvalue weighted by Gasteiger charge is -2.20. The Morgan fingerprint density at radius 1 is 1.32 bits per heavy atom. The minimum Gasteiger partial charge on any atom is -0.344 e. The van der Waals surface area contributed by atoms with Gasteiger partial charge in [-0.05, 0) is 50.3 Å². The van der Waals surface area contributed by atoms with Gasteiger partial charge in [-0.15, -0.1) is 0 Å². The summed E-state index contributed by atoms with van der Waals surface area (Å²) in [4.78, 5) is 13.8. The van der Waals surface area contributed by atoms with Gasteiger partial charge in [0.15, 0.2) is 0 Å². The molecule has 134 valence electrons. The molecule has 1 aliphatic rings. The van der Waals surface area contributed by atoms with Crippen LogP contribution in [0.2, 0.25) is 0 Å². The number of rotatable bonds is 8. The molecule has 1 aromatic heterocycles. The number of H-pyrrole nitrogens is 1. The van der Waals surface area contributed by atoms with Crippen molar-refractivity contribution in [2.75, 3.05) is 13.6 Å². The Kier molecular flexibility index (Phi) is 5.18. The van der Waals surface area contributed by atoms with E-state index in [1.54, 1.807) is 11.0 Å². The van der Waals surface area contributed by atoms with Crippen molar-refractivity contribution < 1.29 is 9.18 Å². The van der Waals surface area contributed by atoms with Gasteiger partial charge < -0.3 is 10.6 Å². The minimum absolute atomic E-state index is 0.0702. The number of benzene rings is 1. The summed E-state index contributed by atoms with van der Waals surface area (Å²) in [6.45, 7) is 0.745. The average molecular weight is 344 g/mol. The van der Waals surface area contributed by atoms with Gasteiger partial charge in [0.2, 0.25) is 5.91 Å². The molecule has 0 saturated heterocycles. The Bertz CT molecular complexity index is 739. The number of hydrogen-bond donors (Lipinski definition) is 2. The number of aryl methyl sites for hydroxylation is 1. The quantitative estimate of drug-likeness (QED) is 0.723. The molecule has 5 nitrogen and oxygen atoms in total. The number of carbonyl (C=O) groups excluding carboxylic acids is 1. The first-order valence-corrected chi connectivity index (χ1v) is 8.83. The zero-order valence-corrected chi connectivity index (χ0v) is 14.6. The summed E-state index contributed by atoms with van der Waals surface area (Å²) < 4.78 is 13.3. The van der Waals surface area contributed by atoms with Gasteiger partial charge in [-0.1, -0.05) is 18.6 Å². The van der Waals surface area contributed by atoms with Crippen molar-refractivity contribution in [3.05, 3.63) is 41.8 Å². The van der Waals surface area contributed by atoms with Crippen molar-refractivity contribution in [2.45, 2.75) is 44.1 Å². The molecule has 1 saturated carbocycles. The number of nitrogens with two attached hydrogens (primary N) is 1. The number of nitrogens with one attached hydrogen (secondary N) is 1. The van der Waals surface area contributed by atoms with Crippen LogP contribution in [0.25, 0.3) is 11.3 Å². The molecule has 6 heteroatoms. The lowest BCUT2D eigenvalue weighted by molar-refractivity contribution is -0.132. The first-order chi connectivity index (χ1) is 12.0.